The van der Waals surface area contributed by atoms with E-state index in [1.165, 1.54) is 11.8 Å². The van der Waals surface area contributed by atoms with Gasteiger partial charge in [0, 0.05) is 42.9 Å². The first-order valence-electron chi connectivity index (χ1n) is 11.8. The van der Waals surface area contributed by atoms with Gasteiger partial charge in [-0.2, -0.15) is 4.39 Å². The molecule has 6 rings (SSSR count). The molecular weight excluding hydrogens is 447 g/mol. The molecule has 1 aromatic heterocycles. The number of amidine groups is 1. The summed E-state index contributed by atoms with van der Waals surface area (Å²) in [5, 5.41) is 0. The number of benzene rings is 2. The summed E-state index contributed by atoms with van der Waals surface area (Å²) >= 11 is 0. The highest BCUT2D eigenvalue weighted by atomic mass is 19.1. The van der Waals surface area contributed by atoms with Gasteiger partial charge in [-0.05, 0) is 53.9 Å². The minimum Gasteiger partial charge on any atom is -0.497 e. The van der Waals surface area contributed by atoms with E-state index in [-0.39, 0.29) is 18.0 Å². The Labute approximate surface area is 203 Å². The zero-order chi connectivity index (χ0) is 24.0. The SMILES string of the molecule is COc1ccc(CN2CCC3Oc4ccc(-c5cccnc5F)cc4C4(COC(N)=N4)[C@H]3C2)cc1. The van der Waals surface area contributed by atoms with Gasteiger partial charge in [0.15, 0.2) is 0 Å². The number of likely N-dealkylation sites (tertiary alicyclic amines) is 1. The Morgan fingerprint density at radius 2 is 2.06 bits per heavy atom. The summed E-state index contributed by atoms with van der Waals surface area (Å²) in [5.41, 5.74) is 8.65. The number of nitrogens with zero attached hydrogens (tertiary/aromatic N) is 3. The maximum absolute atomic E-state index is 14.5. The molecule has 180 valence electrons. The van der Waals surface area contributed by atoms with Gasteiger partial charge >= 0.3 is 0 Å². The Balaban J connectivity index is 1.35. The third-order valence-corrected chi connectivity index (χ3v) is 7.36. The first-order valence-corrected chi connectivity index (χ1v) is 11.8. The summed E-state index contributed by atoms with van der Waals surface area (Å²) in [7, 11) is 1.67. The lowest BCUT2D eigenvalue weighted by Gasteiger charge is -2.49. The Morgan fingerprint density at radius 3 is 2.80 bits per heavy atom. The largest absolute Gasteiger partial charge is 0.497 e. The van der Waals surface area contributed by atoms with E-state index in [1.807, 2.05) is 30.3 Å². The molecule has 3 aliphatic heterocycles. The van der Waals surface area contributed by atoms with Gasteiger partial charge in [-0.25, -0.2) is 9.98 Å². The molecule has 3 aliphatic rings. The number of aliphatic imine (C=N–C) groups is 1. The number of hydrogen-bond donors (Lipinski definition) is 1. The molecule has 2 unspecified atom stereocenters. The second-order valence-corrected chi connectivity index (χ2v) is 9.35. The summed E-state index contributed by atoms with van der Waals surface area (Å²) < 4.78 is 32.0. The summed E-state index contributed by atoms with van der Waals surface area (Å²) in [6.45, 7) is 2.85. The van der Waals surface area contributed by atoms with Crippen LogP contribution in [0.2, 0.25) is 0 Å². The maximum Gasteiger partial charge on any atom is 0.283 e. The van der Waals surface area contributed by atoms with E-state index in [4.69, 9.17) is 24.9 Å². The molecule has 0 aliphatic carbocycles. The molecule has 3 aromatic rings. The second-order valence-electron chi connectivity index (χ2n) is 9.35. The highest BCUT2D eigenvalue weighted by Crippen LogP contribution is 2.51. The molecular formula is C27H27FN4O3. The van der Waals surface area contributed by atoms with Crippen molar-refractivity contribution in [3.63, 3.8) is 0 Å². The smallest absolute Gasteiger partial charge is 0.283 e. The number of nitrogens with two attached hydrogens (primary N) is 1. The molecule has 1 spiro atoms. The van der Waals surface area contributed by atoms with E-state index in [2.05, 4.69) is 22.0 Å². The van der Waals surface area contributed by atoms with Crippen molar-refractivity contribution in [3.05, 3.63) is 77.9 Å². The monoisotopic (exact) mass is 474 g/mol. The fourth-order valence-corrected chi connectivity index (χ4v) is 5.61. The molecule has 0 bridgehead atoms. The third kappa shape index (κ3) is 3.78. The predicted molar refractivity (Wildman–Crippen MR) is 130 cm³/mol. The molecule has 0 saturated carbocycles. The number of ether oxygens (including phenoxy) is 3. The van der Waals surface area contributed by atoms with Gasteiger partial charge in [-0.1, -0.05) is 18.2 Å². The normalized spacial score (nSPS) is 25.3. The molecule has 3 atom stereocenters. The number of aromatic nitrogens is 1. The van der Waals surface area contributed by atoms with Gasteiger partial charge in [0.25, 0.3) is 6.02 Å². The number of methoxy groups -OCH3 is 1. The third-order valence-electron chi connectivity index (χ3n) is 7.36. The maximum atomic E-state index is 14.5. The highest BCUT2D eigenvalue weighted by Gasteiger charge is 2.55. The van der Waals surface area contributed by atoms with Gasteiger partial charge in [-0.3, -0.25) is 4.90 Å². The lowest BCUT2D eigenvalue weighted by atomic mass is 9.71. The minimum atomic E-state index is -0.685. The van der Waals surface area contributed by atoms with Gasteiger partial charge in [0.1, 0.15) is 29.7 Å². The summed E-state index contributed by atoms with van der Waals surface area (Å²) in [6, 6.07) is 17.5. The van der Waals surface area contributed by atoms with Crippen LogP contribution >= 0.6 is 0 Å². The van der Waals surface area contributed by atoms with Crippen LogP contribution in [0.4, 0.5) is 4.39 Å². The van der Waals surface area contributed by atoms with Crippen LogP contribution in [0.1, 0.15) is 17.5 Å². The molecule has 4 heterocycles. The number of hydrogen-bond acceptors (Lipinski definition) is 7. The van der Waals surface area contributed by atoms with Crippen molar-refractivity contribution >= 4 is 6.02 Å². The van der Waals surface area contributed by atoms with Crippen molar-refractivity contribution in [2.75, 3.05) is 26.8 Å². The van der Waals surface area contributed by atoms with Gasteiger partial charge < -0.3 is 19.9 Å². The molecule has 35 heavy (non-hydrogen) atoms. The fraction of sp³-hybridized carbons (Fsp3) is 0.333. The number of piperidine rings is 1. The number of pyridine rings is 1. The van der Waals surface area contributed by atoms with Gasteiger partial charge in [-0.15, -0.1) is 0 Å². The van der Waals surface area contributed by atoms with Crippen molar-refractivity contribution in [1.29, 1.82) is 0 Å². The molecule has 2 N–H and O–H groups in total. The van der Waals surface area contributed by atoms with Gasteiger partial charge in [0.2, 0.25) is 5.95 Å². The van der Waals surface area contributed by atoms with Gasteiger partial charge in [0.05, 0.1) is 7.11 Å². The Hall–Kier alpha value is -3.65. The summed E-state index contributed by atoms with van der Waals surface area (Å²) in [4.78, 5) is 11.1. The average molecular weight is 475 g/mol. The van der Waals surface area contributed by atoms with Crippen LogP contribution in [0.5, 0.6) is 11.5 Å². The standard InChI is InChI=1S/C27H27FN4O3/c1-33-19-7-4-17(5-8-19)14-32-12-10-24-22(15-32)27(16-34-26(29)31-27)21-13-18(6-9-23(21)35-24)20-3-2-11-30-25(20)28/h2-9,11,13,22,24H,10,12,14-16H2,1H3,(H2,29,31)/t22-,24?,27?/m0/s1. The highest BCUT2D eigenvalue weighted by molar-refractivity contribution is 5.75. The van der Waals surface area contributed by atoms with Crippen LogP contribution < -0.4 is 15.2 Å². The van der Waals surface area contributed by atoms with Crippen LogP contribution in [-0.4, -0.2) is 48.8 Å². The topological polar surface area (TPSA) is 82.2 Å². The minimum absolute atomic E-state index is 0.00570. The molecule has 8 heteroatoms. The Kier molecular flexibility index (Phi) is 5.33. The molecule has 1 fully saturated rings. The van der Waals surface area contributed by atoms with Crippen LogP contribution in [0.25, 0.3) is 11.1 Å². The Morgan fingerprint density at radius 1 is 1.20 bits per heavy atom. The zero-order valence-electron chi connectivity index (χ0n) is 19.5. The van der Waals surface area contributed by atoms with Crippen LogP contribution in [-0.2, 0) is 16.8 Å². The Bertz CT molecular complexity index is 1280. The molecule has 1 saturated heterocycles. The van der Waals surface area contributed by atoms with E-state index >= 15 is 0 Å². The van der Waals surface area contributed by atoms with Crippen molar-refractivity contribution in [2.45, 2.75) is 24.6 Å². The first kappa shape index (κ1) is 21.9. The average Bonchev–Trinajstić information content (AvgIpc) is 3.27. The first-order chi connectivity index (χ1) is 17.1. The van der Waals surface area contributed by atoms with E-state index in [9.17, 15) is 4.39 Å². The van der Waals surface area contributed by atoms with E-state index in [0.29, 0.717) is 12.2 Å². The van der Waals surface area contributed by atoms with Crippen LogP contribution in [0.15, 0.2) is 65.8 Å². The van der Waals surface area contributed by atoms with Crippen molar-refractivity contribution in [3.8, 4) is 22.6 Å². The molecule has 7 nitrogen and oxygen atoms in total. The van der Waals surface area contributed by atoms with E-state index < -0.39 is 11.5 Å². The summed E-state index contributed by atoms with van der Waals surface area (Å²) in [5.74, 6) is 1.13. The number of rotatable bonds is 4. The molecule has 2 aromatic carbocycles. The molecule has 0 amide bonds. The van der Waals surface area contributed by atoms with Crippen molar-refractivity contribution < 1.29 is 18.6 Å². The van der Waals surface area contributed by atoms with Crippen molar-refractivity contribution in [2.24, 2.45) is 16.6 Å². The van der Waals surface area contributed by atoms with Crippen LogP contribution in [0, 0.1) is 11.9 Å². The fourth-order valence-electron chi connectivity index (χ4n) is 5.61. The lowest BCUT2D eigenvalue weighted by Crippen LogP contribution is -2.56. The lowest BCUT2D eigenvalue weighted by molar-refractivity contribution is -0.0256. The second kappa shape index (κ2) is 8.53. The summed E-state index contributed by atoms with van der Waals surface area (Å²) in [6.07, 6.45) is 2.31. The van der Waals surface area contributed by atoms with E-state index in [0.717, 1.165) is 48.7 Å². The number of halogens is 1. The van der Waals surface area contributed by atoms with E-state index in [1.54, 1.807) is 19.2 Å². The van der Waals surface area contributed by atoms with Crippen molar-refractivity contribution in [1.82, 2.24) is 9.88 Å². The predicted octanol–water partition coefficient (Wildman–Crippen LogP) is 3.72. The quantitative estimate of drug-likeness (QED) is 0.581. The molecule has 0 radical (unpaired) electrons. The number of fused-ring (bicyclic) bond motifs is 4. The zero-order valence-corrected chi connectivity index (χ0v) is 19.5. The van der Waals surface area contributed by atoms with Crippen LogP contribution in [0.3, 0.4) is 0 Å².